The summed E-state index contributed by atoms with van der Waals surface area (Å²) in [5, 5.41) is 5.85. The largest absolute Gasteiger partial charge is 0.354 e. The number of hydrogen-bond acceptors (Lipinski definition) is 3. The van der Waals surface area contributed by atoms with Crippen LogP contribution < -0.4 is 10.6 Å². The first-order valence-corrected chi connectivity index (χ1v) is 8.79. The lowest BCUT2D eigenvalue weighted by molar-refractivity contribution is -0.130. The maximum Gasteiger partial charge on any atom is 0.250 e. The van der Waals surface area contributed by atoms with E-state index in [2.05, 4.69) is 10.6 Å². The van der Waals surface area contributed by atoms with Crippen molar-refractivity contribution in [1.29, 1.82) is 0 Å². The monoisotopic (exact) mass is 318 g/mol. The van der Waals surface area contributed by atoms with Crippen molar-refractivity contribution in [2.45, 2.75) is 48.7 Å². The molecule has 118 valence electrons. The van der Waals surface area contributed by atoms with Gasteiger partial charge in [0.1, 0.15) is 0 Å². The number of fused-ring (bicyclic) bond motifs is 1. The number of benzene rings is 1. The molecular formula is C17H22N2O2S. The van der Waals surface area contributed by atoms with Gasteiger partial charge in [0, 0.05) is 11.4 Å². The summed E-state index contributed by atoms with van der Waals surface area (Å²) in [5.74, 6) is 0.137. The number of carbonyl (C=O) groups excluding carboxylic acids is 2. The second-order valence-electron chi connectivity index (χ2n) is 6.30. The molecular weight excluding hydrogens is 296 g/mol. The van der Waals surface area contributed by atoms with E-state index < -0.39 is 4.75 Å². The van der Waals surface area contributed by atoms with E-state index in [0.29, 0.717) is 12.5 Å². The second kappa shape index (κ2) is 6.32. The summed E-state index contributed by atoms with van der Waals surface area (Å²) in [6.45, 7) is 2.39. The highest BCUT2D eigenvalue weighted by Crippen LogP contribution is 2.42. The van der Waals surface area contributed by atoms with Gasteiger partial charge in [-0.05, 0) is 37.8 Å². The molecule has 2 N–H and O–H groups in total. The van der Waals surface area contributed by atoms with Gasteiger partial charge in [-0.2, -0.15) is 0 Å². The molecule has 0 bridgehead atoms. The van der Waals surface area contributed by atoms with Gasteiger partial charge in [-0.3, -0.25) is 9.59 Å². The van der Waals surface area contributed by atoms with Gasteiger partial charge < -0.3 is 10.6 Å². The summed E-state index contributed by atoms with van der Waals surface area (Å²) in [5.41, 5.74) is 0.787. The molecule has 1 aliphatic heterocycles. The van der Waals surface area contributed by atoms with E-state index in [4.69, 9.17) is 0 Å². The highest BCUT2D eigenvalue weighted by Gasteiger charge is 2.45. The third-order valence-electron chi connectivity index (χ3n) is 4.59. The number of amides is 2. The minimum atomic E-state index is -1.09. The maximum atomic E-state index is 12.6. The lowest BCUT2D eigenvalue weighted by Gasteiger charge is -2.32. The van der Waals surface area contributed by atoms with Gasteiger partial charge in [0.25, 0.3) is 0 Å². The average Bonchev–Trinajstić information content (AvgIpc) is 2.54. The van der Waals surface area contributed by atoms with Gasteiger partial charge in [0.05, 0.1) is 5.69 Å². The van der Waals surface area contributed by atoms with Gasteiger partial charge >= 0.3 is 0 Å². The zero-order chi connectivity index (χ0) is 15.6. The number of nitrogens with one attached hydrogen (secondary N) is 2. The molecule has 1 atom stereocenters. The Hall–Kier alpha value is -1.49. The Balaban J connectivity index is 1.67. The van der Waals surface area contributed by atoms with E-state index in [1.165, 1.54) is 43.9 Å². The van der Waals surface area contributed by atoms with E-state index in [1.54, 1.807) is 6.92 Å². The third-order valence-corrected chi connectivity index (χ3v) is 5.95. The Labute approximate surface area is 135 Å². The van der Waals surface area contributed by atoms with Crippen LogP contribution in [0.3, 0.4) is 0 Å². The standard InChI is InChI=1S/C17H22N2O2S/c1-17(15(20)18-11-12-7-3-2-4-8-12)16(21)19-13-9-5-6-10-14(13)22-17/h5-6,9-10,12H,2-4,7-8,11H2,1H3,(H,18,20)(H,19,21). The van der Waals surface area contributed by atoms with Gasteiger partial charge in [0.2, 0.25) is 11.8 Å². The quantitative estimate of drug-likeness (QED) is 0.842. The van der Waals surface area contributed by atoms with E-state index in [9.17, 15) is 9.59 Å². The highest BCUT2D eigenvalue weighted by molar-refractivity contribution is 8.02. The Morgan fingerprint density at radius 1 is 1.32 bits per heavy atom. The van der Waals surface area contributed by atoms with Crippen LogP contribution in [-0.4, -0.2) is 23.1 Å². The van der Waals surface area contributed by atoms with E-state index in [0.717, 1.165) is 10.6 Å². The first kappa shape index (κ1) is 15.4. The number of anilines is 1. The van der Waals surface area contributed by atoms with Crippen molar-refractivity contribution in [3.05, 3.63) is 24.3 Å². The SMILES string of the molecule is CC1(C(=O)NCC2CCCCC2)Sc2ccccc2NC1=O. The van der Waals surface area contributed by atoms with E-state index in [1.807, 2.05) is 24.3 Å². The maximum absolute atomic E-state index is 12.6. The average molecular weight is 318 g/mol. The van der Waals surface area contributed by atoms with Crippen molar-refractivity contribution >= 4 is 29.3 Å². The Morgan fingerprint density at radius 3 is 2.82 bits per heavy atom. The summed E-state index contributed by atoms with van der Waals surface area (Å²) in [6.07, 6.45) is 6.16. The molecule has 1 aliphatic carbocycles. The fraction of sp³-hybridized carbons (Fsp3) is 0.529. The fourth-order valence-electron chi connectivity index (χ4n) is 3.11. The fourth-order valence-corrected chi connectivity index (χ4v) is 4.24. The zero-order valence-electron chi connectivity index (χ0n) is 12.9. The summed E-state index contributed by atoms with van der Waals surface area (Å²) < 4.78 is -1.09. The lowest BCUT2D eigenvalue weighted by Crippen LogP contribution is -2.52. The molecule has 0 spiro atoms. The molecule has 1 unspecified atom stereocenters. The molecule has 22 heavy (non-hydrogen) atoms. The van der Waals surface area contributed by atoms with Gasteiger partial charge in [-0.25, -0.2) is 0 Å². The summed E-state index contributed by atoms with van der Waals surface area (Å²) in [7, 11) is 0. The van der Waals surface area contributed by atoms with Crippen molar-refractivity contribution in [3.63, 3.8) is 0 Å². The molecule has 5 heteroatoms. The van der Waals surface area contributed by atoms with Crippen LogP contribution in [0.1, 0.15) is 39.0 Å². The van der Waals surface area contributed by atoms with Crippen LogP contribution in [0, 0.1) is 5.92 Å². The van der Waals surface area contributed by atoms with E-state index in [-0.39, 0.29) is 11.8 Å². The van der Waals surface area contributed by atoms with Crippen molar-refractivity contribution in [1.82, 2.24) is 5.32 Å². The van der Waals surface area contributed by atoms with Crippen molar-refractivity contribution in [2.24, 2.45) is 5.92 Å². The molecule has 3 rings (SSSR count). The number of para-hydroxylation sites is 1. The Morgan fingerprint density at radius 2 is 2.05 bits per heavy atom. The Bertz CT molecular complexity index is 584. The minimum Gasteiger partial charge on any atom is -0.354 e. The topological polar surface area (TPSA) is 58.2 Å². The van der Waals surface area contributed by atoms with Gasteiger partial charge in [-0.1, -0.05) is 43.2 Å². The van der Waals surface area contributed by atoms with Crippen LogP contribution in [0.5, 0.6) is 0 Å². The molecule has 0 saturated heterocycles. The predicted octanol–water partition coefficient (Wildman–Crippen LogP) is 3.19. The molecule has 4 nitrogen and oxygen atoms in total. The van der Waals surface area contributed by atoms with Gasteiger partial charge in [0.15, 0.2) is 4.75 Å². The molecule has 1 saturated carbocycles. The number of thioether (sulfide) groups is 1. The normalized spacial score (nSPS) is 25.2. The predicted molar refractivity (Wildman–Crippen MR) is 88.9 cm³/mol. The lowest BCUT2D eigenvalue weighted by atomic mass is 9.89. The molecule has 2 aliphatic rings. The van der Waals surface area contributed by atoms with Crippen LogP contribution in [0.15, 0.2) is 29.2 Å². The van der Waals surface area contributed by atoms with Crippen LogP contribution in [0.25, 0.3) is 0 Å². The summed E-state index contributed by atoms with van der Waals surface area (Å²) in [4.78, 5) is 25.9. The molecule has 1 fully saturated rings. The summed E-state index contributed by atoms with van der Waals surface area (Å²) in [6, 6.07) is 7.60. The molecule has 2 amide bonds. The molecule has 0 aromatic heterocycles. The smallest absolute Gasteiger partial charge is 0.250 e. The molecule has 0 radical (unpaired) electrons. The van der Waals surface area contributed by atoms with Gasteiger partial charge in [-0.15, -0.1) is 0 Å². The minimum absolute atomic E-state index is 0.185. The van der Waals surface area contributed by atoms with Crippen molar-refractivity contribution < 1.29 is 9.59 Å². The van der Waals surface area contributed by atoms with Crippen LogP contribution in [0.4, 0.5) is 5.69 Å². The first-order chi connectivity index (χ1) is 10.6. The second-order valence-corrected chi connectivity index (χ2v) is 7.76. The van der Waals surface area contributed by atoms with Crippen molar-refractivity contribution in [2.75, 3.05) is 11.9 Å². The summed E-state index contributed by atoms with van der Waals surface area (Å²) >= 11 is 1.34. The third kappa shape index (κ3) is 3.00. The molecule has 1 heterocycles. The molecule has 1 aromatic rings. The zero-order valence-corrected chi connectivity index (χ0v) is 13.7. The number of hydrogen-bond donors (Lipinski definition) is 2. The van der Waals surface area contributed by atoms with Crippen LogP contribution in [0.2, 0.25) is 0 Å². The van der Waals surface area contributed by atoms with Crippen LogP contribution >= 0.6 is 11.8 Å². The van der Waals surface area contributed by atoms with E-state index >= 15 is 0 Å². The molecule has 1 aromatic carbocycles. The van der Waals surface area contributed by atoms with Crippen molar-refractivity contribution in [3.8, 4) is 0 Å². The first-order valence-electron chi connectivity index (χ1n) is 7.97. The highest BCUT2D eigenvalue weighted by atomic mass is 32.2. The number of carbonyl (C=O) groups is 2. The van der Waals surface area contributed by atoms with Crippen LogP contribution in [-0.2, 0) is 9.59 Å². The Kier molecular flexibility index (Phi) is 4.43. The number of rotatable bonds is 3.